The summed E-state index contributed by atoms with van der Waals surface area (Å²) in [6, 6.07) is 4.66. The zero-order valence-electron chi connectivity index (χ0n) is 14.1. The van der Waals surface area contributed by atoms with Gasteiger partial charge in [0.25, 0.3) is 0 Å². The van der Waals surface area contributed by atoms with Crippen molar-refractivity contribution in [3.8, 4) is 11.5 Å². The number of para-hydroxylation sites is 2. The standard InChI is InChI=1S/C17H19F5O4/c1-2-3-4-5-6-11-14(23)25-12-9-7-8-10-13(12)26-15(24)16(18,19)17(20,21)22/h7-10H,2-6,11H2,1H3. The summed E-state index contributed by atoms with van der Waals surface area (Å²) in [6.45, 7) is 2.04. The Morgan fingerprint density at radius 1 is 0.885 bits per heavy atom. The van der Waals surface area contributed by atoms with Crippen LogP contribution in [0.4, 0.5) is 22.0 Å². The van der Waals surface area contributed by atoms with Gasteiger partial charge in [-0.1, -0.05) is 44.7 Å². The molecule has 0 spiro atoms. The minimum absolute atomic E-state index is 0.0463. The lowest BCUT2D eigenvalue weighted by Crippen LogP contribution is -2.46. The Bertz CT molecular complexity index is 613. The number of carbonyl (C=O) groups excluding carboxylic acids is 2. The van der Waals surface area contributed by atoms with E-state index in [9.17, 15) is 31.5 Å². The van der Waals surface area contributed by atoms with E-state index in [1.165, 1.54) is 12.1 Å². The summed E-state index contributed by atoms with van der Waals surface area (Å²) in [5.41, 5.74) is 0. The predicted molar refractivity (Wildman–Crippen MR) is 82.1 cm³/mol. The van der Waals surface area contributed by atoms with E-state index in [4.69, 9.17) is 4.74 Å². The lowest BCUT2D eigenvalue weighted by molar-refractivity contribution is -0.276. The molecule has 0 radical (unpaired) electrons. The Morgan fingerprint density at radius 2 is 1.42 bits per heavy atom. The molecule has 0 aliphatic heterocycles. The highest BCUT2D eigenvalue weighted by Gasteiger charge is 2.65. The molecule has 0 aromatic heterocycles. The summed E-state index contributed by atoms with van der Waals surface area (Å²) in [6.07, 6.45) is -1.68. The van der Waals surface area contributed by atoms with Gasteiger partial charge in [0.05, 0.1) is 0 Å². The van der Waals surface area contributed by atoms with Gasteiger partial charge in [-0.15, -0.1) is 0 Å². The maximum atomic E-state index is 13.0. The number of esters is 2. The van der Waals surface area contributed by atoms with E-state index in [-0.39, 0.29) is 6.42 Å². The van der Waals surface area contributed by atoms with Gasteiger partial charge < -0.3 is 9.47 Å². The Hall–Kier alpha value is -2.19. The van der Waals surface area contributed by atoms with Crippen molar-refractivity contribution in [1.29, 1.82) is 0 Å². The maximum absolute atomic E-state index is 13.0. The van der Waals surface area contributed by atoms with Crippen molar-refractivity contribution >= 4 is 11.9 Å². The summed E-state index contributed by atoms with van der Waals surface area (Å²) in [5.74, 6) is -10.3. The van der Waals surface area contributed by atoms with Crippen LogP contribution in [0.1, 0.15) is 45.4 Å². The average Bonchev–Trinajstić information content (AvgIpc) is 2.55. The molecular formula is C17H19F5O4. The lowest BCUT2D eigenvalue weighted by Gasteiger charge is -2.18. The highest BCUT2D eigenvalue weighted by molar-refractivity contribution is 5.82. The van der Waals surface area contributed by atoms with E-state index in [1.807, 2.05) is 6.92 Å². The van der Waals surface area contributed by atoms with E-state index in [0.717, 1.165) is 37.8 Å². The van der Waals surface area contributed by atoms with Crippen molar-refractivity contribution in [3.05, 3.63) is 24.3 Å². The first-order chi connectivity index (χ1) is 12.1. The quantitative estimate of drug-likeness (QED) is 0.259. The van der Waals surface area contributed by atoms with Crippen LogP contribution in [0.2, 0.25) is 0 Å². The van der Waals surface area contributed by atoms with Crippen LogP contribution in [0.25, 0.3) is 0 Å². The van der Waals surface area contributed by atoms with Gasteiger partial charge in [-0.3, -0.25) is 4.79 Å². The molecule has 0 N–H and O–H groups in total. The Kier molecular flexibility index (Phi) is 7.98. The summed E-state index contributed by atoms with van der Waals surface area (Å²) >= 11 is 0. The predicted octanol–water partition coefficient (Wildman–Crippen LogP) is 5.06. The molecule has 0 amide bonds. The second-order valence-electron chi connectivity index (χ2n) is 5.55. The van der Waals surface area contributed by atoms with Crippen LogP contribution < -0.4 is 9.47 Å². The van der Waals surface area contributed by atoms with Gasteiger partial charge in [0.1, 0.15) is 0 Å². The first-order valence-electron chi connectivity index (χ1n) is 8.06. The zero-order chi connectivity index (χ0) is 19.8. The topological polar surface area (TPSA) is 52.6 Å². The minimum Gasteiger partial charge on any atom is -0.423 e. The molecule has 0 fully saturated rings. The van der Waals surface area contributed by atoms with Crippen molar-refractivity contribution in [3.63, 3.8) is 0 Å². The summed E-state index contributed by atoms with van der Waals surface area (Å²) < 4.78 is 71.5. The highest BCUT2D eigenvalue weighted by atomic mass is 19.4. The van der Waals surface area contributed by atoms with Gasteiger partial charge in [-0.25, -0.2) is 4.79 Å². The number of hydrogen-bond donors (Lipinski definition) is 0. The number of benzene rings is 1. The third-order valence-electron chi connectivity index (χ3n) is 3.37. The van der Waals surface area contributed by atoms with Gasteiger partial charge in [0.2, 0.25) is 0 Å². The highest BCUT2D eigenvalue weighted by Crippen LogP contribution is 2.38. The Balaban J connectivity index is 2.70. The fourth-order valence-corrected chi connectivity index (χ4v) is 1.95. The minimum atomic E-state index is -6.09. The summed E-state index contributed by atoms with van der Waals surface area (Å²) in [4.78, 5) is 22.9. The van der Waals surface area contributed by atoms with Crippen molar-refractivity contribution < 1.29 is 41.0 Å². The van der Waals surface area contributed by atoms with Crippen molar-refractivity contribution in [2.45, 2.75) is 57.5 Å². The molecule has 0 saturated carbocycles. The van der Waals surface area contributed by atoms with Crippen molar-refractivity contribution in [2.75, 3.05) is 0 Å². The summed E-state index contributed by atoms with van der Waals surface area (Å²) in [5, 5.41) is 0. The number of rotatable bonds is 9. The molecule has 0 aliphatic carbocycles. The van der Waals surface area contributed by atoms with Crippen LogP contribution in [0, 0.1) is 0 Å². The molecule has 1 aromatic carbocycles. The molecule has 9 heteroatoms. The van der Waals surface area contributed by atoms with Gasteiger partial charge in [-0.2, -0.15) is 22.0 Å². The average molecular weight is 382 g/mol. The fraction of sp³-hybridized carbons (Fsp3) is 0.529. The van der Waals surface area contributed by atoms with Crippen LogP contribution in [0.5, 0.6) is 11.5 Å². The van der Waals surface area contributed by atoms with E-state index in [0.29, 0.717) is 6.42 Å². The first kappa shape index (κ1) is 21.9. The molecule has 1 rings (SSSR count). The number of hydrogen-bond acceptors (Lipinski definition) is 4. The Morgan fingerprint density at radius 3 is 1.96 bits per heavy atom. The third kappa shape index (κ3) is 6.27. The number of alkyl halides is 5. The maximum Gasteiger partial charge on any atom is 0.465 e. The van der Waals surface area contributed by atoms with E-state index in [1.54, 1.807) is 0 Å². The van der Waals surface area contributed by atoms with Crippen LogP contribution in [-0.2, 0) is 9.59 Å². The molecule has 0 heterocycles. The van der Waals surface area contributed by atoms with Crippen molar-refractivity contribution in [2.24, 2.45) is 0 Å². The molecule has 0 unspecified atom stereocenters. The molecule has 1 aromatic rings. The number of carbonyl (C=O) groups is 2. The van der Waals surface area contributed by atoms with Crippen LogP contribution >= 0.6 is 0 Å². The zero-order valence-corrected chi connectivity index (χ0v) is 14.1. The second kappa shape index (κ2) is 9.49. The lowest BCUT2D eigenvalue weighted by atomic mass is 10.1. The smallest absolute Gasteiger partial charge is 0.423 e. The largest absolute Gasteiger partial charge is 0.465 e. The van der Waals surface area contributed by atoms with Crippen LogP contribution in [-0.4, -0.2) is 24.0 Å². The van der Waals surface area contributed by atoms with Gasteiger partial charge in [0.15, 0.2) is 11.5 Å². The molecule has 0 bridgehead atoms. The SMILES string of the molecule is CCCCCCCC(=O)Oc1ccccc1OC(=O)C(F)(F)C(F)(F)F. The van der Waals surface area contributed by atoms with E-state index >= 15 is 0 Å². The number of unbranched alkanes of at least 4 members (excludes halogenated alkanes) is 4. The molecule has 26 heavy (non-hydrogen) atoms. The van der Waals surface area contributed by atoms with Gasteiger partial charge in [-0.05, 0) is 18.6 Å². The molecule has 146 valence electrons. The van der Waals surface area contributed by atoms with Crippen LogP contribution in [0.15, 0.2) is 24.3 Å². The van der Waals surface area contributed by atoms with Crippen molar-refractivity contribution in [1.82, 2.24) is 0 Å². The van der Waals surface area contributed by atoms with Crippen LogP contribution in [0.3, 0.4) is 0 Å². The first-order valence-corrected chi connectivity index (χ1v) is 8.06. The summed E-state index contributed by atoms with van der Waals surface area (Å²) in [7, 11) is 0. The van der Waals surface area contributed by atoms with Gasteiger partial charge in [0, 0.05) is 6.42 Å². The fourth-order valence-electron chi connectivity index (χ4n) is 1.95. The van der Waals surface area contributed by atoms with E-state index < -0.39 is 35.5 Å². The molecule has 0 atom stereocenters. The number of ether oxygens (including phenoxy) is 2. The molecule has 4 nitrogen and oxygen atoms in total. The molecule has 0 aliphatic rings. The number of halogens is 5. The second-order valence-corrected chi connectivity index (χ2v) is 5.55. The third-order valence-corrected chi connectivity index (χ3v) is 3.37. The molecular weight excluding hydrogens is 363 g/mol. The molecule has 0 saturated heterocycles. The normalized spacial score (nSPS) is 11.9. The van der Waals surface area contributed by atoms with E-state index in [2.05, 4.69) is 4.74 Å². The monoisotopic (exact) mass is 382 g/mol. The van der Waals surface area contributed by atoms with Gasteiger partial charge >= 0.3 is 24.0 Å². The Labute approximate surface area is 147 Å².